The highest BCUT2D eigenvalue weighted by atomic mass is 15.8. The Hall–Kier alpha value is -2.94. The van der Waals surface area contributed by atoms with Crippen molar-refractivity contribution in [1.82, 2.24) is 25.1 Å². The molecule has 1 atom stereocenters. The smallest absolute Gasteiger partial charge is 0.168 e. The summed E-state index contributed by atoms with van der Waals surface area (Å²) in [6.07, 6.45) is 7.84. The Kier molecular flexibility index (Phi) is 5.12. The van der Waals surface area contributed by atoms with Gasteiger partial charge < -0.3 is 5.32 Å². The van der Waals surface area contributed by atoms with Crippen molar-refractivity contribution in [3.8, 4) is 0 Å². The second-order valence-electron chi connectivity index (χ2n) is 8.13. The Bertz CT molecular complexity index is 1050. The molecule has 1 unspecified atom stereocenters. The number of hydrazine groups is 1. The van der Waals surface area contributed by atoms with E-state index in [0.29, 0.717) is 17.9 Å². The van der Waals surface area contributed by atoms with E-state index >= 15 is 0 Å². The van der Waals surface area contributed by atoms with Crippen molar-refractivity contribution in [2.45, 2.75) is 50.7 Å². The maximum Gasteiger partial charge on any atom is 0.168 e. The molecule has 0 amide bonds. The van der Waals surface area contributed by atoms with E-state index in [1.165, 1.54) is 37.7 Å². The summed E-state index contributed by atoms with van der Waals surface area (Å²) in [5.41, 5.74) is 7.58. The molecule has 2 aliphatic rings. The lowest BCUT2D eigenvalue weighted by atomic mass is 9.86. The Balaban J connectivity index is 1.36. The van der Waals surface area contributed by atoms with Crippen LogP contribution in [0, 0.1) is 0 Å². The predicted molar refractivity (Wildman–Crippen MR) is 116 cm³/mol. The molecule has 3 heterocycles. The normalized spacial score (nSPS) is 20.0. The van der Waals surface area contributed by atoms with E-state index in [-0.39, 0.29) is 6.17 Å². The zero-order chi connectivity index (χ0) is 20.5. The maximum absolute atomic E-state index is 6.14. The van der Waals surface area contributed by atoms with E-state index < -0.39 is 0 Å². The molecular formula is C21H25BN8. The van der Waals surface area contributed by atoms with Crippen LogP contribution in [0.3, 0.4) is 0 Å². The van der Waals surface area contributed by atoms with Crippen molar-refractivity contribution in [3.05, 3.63) is 53.3 Å². The van der Waals surface area contributed by atoms with Crippen LogP contribution >= 0.6 is 0 Å². The predicted octanol–water partition coefficient (Wildman–Crippen LogP) is 3.00. The standard InChI is InChI=1S/C21H25BN8/c1-29-20(26-27-28-29)16-9-7-14(8-10-16)12-23-19-11-18(15-5-3-2-4-6-15)25-21-17(22)13-24-30(19)21/h7-11,13,15,20,23H,2-6,12H2,1H3,(H,26,28). The third-order valence-corrected chi connectivity index (χ3v) is 6.03. The van der Waals surface area contributed by atoms with Gasteiger partial charge >= 0.3 is 0 Å². The summed E-state index contributed by atoms with van der Waals surface area (Å²) in [4.78, 5) is 4.84. The van der Waals surface area contributed by atoms with Gasteiger partial charge in [0.2, 0.25) is 0 Å². The van der Waals surface area contributed by atoms with Crippen LogP contribution in [0.4, 0.5) is 5.82 Å². The molecule has 152 valence electrons. The third kappa shape index (κ3) is 3.65. The second kappa shape index (κ2) is 8.06. The van der Waals surface area contributed by atoms with E-state index in [4.69, 9.17) is 12.8 Å². The summed E-state index contributed by atoms with van der Waals surface area (Å²) in [6.45, 7) is 0.684. The maximum atomic E-state index is 6.14. The van der Waals surface area contributed by atoms with Crippen LogP contribution < -0.4 is 16.3 Å². The number of rotatable bonds is 5. The van der Waals surface area contributed by atoms with Crippen molar-refractivity contribution >= 4 is 24.8 Å². The average Bonchev–Trinajstić information content (AvgIpc) is 3.39. The second-order valence-corrected chi connectivity index (χ2v) is 8.13. The molecule has 5 rings (SSSR count). The average molecular weight is 400 g/mol. The first-order valence-corrected chi connectivity index (χ1v) is 10.5. The molecule has 2 radical (unpaired) electrons. The number of hydrogen-bond donors (Lipinski definition) is 2. The highest BCUT2D eigenvalue weighted by molar-refractivity contribution is 6.36. The van der Waals surface area contributed by atoms with Crippen molar-refractivity contribution in [2.24, 2.45) is 10.3 Å². The number of anilines is 1. The Morgan fingerprint density at radius 3 is 2.70 bits per heavy atom. The molecule has 1 aliphatic heterocycles. The van der Waals surface area contributed by atoms with Crippen LogP contribution in [0.15, 0.2) is 46.9 Å². The van der Waals surface area contributed by atoms with Gasteiger partial charge in [0.15, 0.2) is 6.17 Å². The first kappa shape index (κ1) is 19.1. The number of aromatic nitrogens is 3. The number of nitrogens with one attached hydrogen (secondary N) is 2. The number of fused-ring (bicyclic) bond motifs is 1. The Morgan fingerprint density at radius 2 is 1.97 bits per heavy atom. The van der Waals surface area contributed by atoms with Gasteiger partial charge in [-0.25, -0.2) is 10.5 Å². The molecule has 1 saturated carbocycles. The Morgan fingerprint density at radius 1 is 1.17 bits per heavy atom. The minimum Gasteiger partial charge on any atom is -0.366 e. The lowest BCUT2D eigenvalue weighted by Gasteiger charge is -2.22. The van der Waals surface area contributed by atoms with Gasteiger partial charge in [-0.1, -0.05) is 48.8 Å². The largest absolute Gasteiger partial charge is 0.366 e. The van der Waals surface area contributed by atoms with Crippen LogP contribution in [-0.4, -0.2) is 34.5 Å². The van der Waals surface area contributed by atoms with Gasteiger partial charge in [0, 0.05) is 37.5 Å². The summed E-state index contributed by atoms with van der Waals surface area (Å²) in [5, 5.41) is 17.9. The van der Waals surface area contributed by atoms with Crippen molar-refractivity contribution in [2.75, 3.05) is 12.4 Å². The number of hydrogen-bond acceptors (Lipinski definition) is 7. The van der Waals surface area contributed by atoms with Crippen LogP contribution in [0.2, 0.25) is 0 Å². The first-order valence-electron chi connectivity index (χ1n) is 10.5. The lowest BCUT2D eigenvalue weighted by Crippen LogP contribution is -2.27. The van der Waals surface area contributed by atoms with Crippen molar-refractivity contribution in [3.63, 3.8) is 0 Å². The fourth-order valence-electron chi connectivity index (χ4n) is 4.31. The fourth-order valence-corrected chi connectivity index (χ4v) is 4.31. The van der Waals surface area contributed by atoms with Crippen molar-refractivity contribution < 1.29 is 0 Å². The van der Waals surface area contributed by atoms with Gasteiger partial charge in [-0.3, -0.25) is 0 Å². The van der Waals surface area contributed by atoms with Gasteiger partial charge in [-0.05, 0) is 29.4 Å². The highest BCUT2D eigenvalue weighted by Gasteiger charge is 2.21. The summed E-state index contributed by atoms with van der Waals surface area (Å²) in [5.74, 6) is 1.43. The minimum absolute atomic E-state index is 0.0862. The monoisotopic (exact) mass is 400 g/mol. The van der Waals surface area contributed by atoms with Gasteiger partial charge in [-0.2, -0.15) is 14.6 Å². The molecule has 9 heteroatoms. The Labute approximate surface area is 177 Å². The first-order chi connectivity index (χ1) is 14.7. The van der Waals surface area contributed by atoms with E-state index in [1.807, 2.05) is 12.1 Å². The van der Waals surface area contributed by atoms with E-state index in [1.54, 1.807) is 10.7 Å². The molecule has 1 fully saturated rings. The van der Waals surface area contributed by atoms with E-state index in [2.05, 4.69) is 56.6 Å². The van der Waals surface area contributed by atoms with Crippen LogP contribution in [-0.2, 0) is 6.54 Å². The summed E-state index contributed by atoms with van der Waals surface area (Å²) < 4.78 is 1.80. The molecule has 2 aromatic heterocycles. The van der Waals surface area contributed by atoms with Gasteiger partial charge in [0.1, 0.15) is 19.3 Å². The summed E-state index contributed by atoms with van der Waals surface area (Å²) >= 11 is 0. The zero-order valence-corrected chi connectivity index (χ0v) is 17.1. The zero-order valence-electron chi connectivity index (χ0n) is 17.1. The highest BCUT2D eigenvalue weighted by Crippen LogP contribution is 2.33. The lowest BCUT2D eigenvalue weighted by molar-refractivity contribution is 0.222. The molecule has 30 heavy (non-hydrogen) atoms. The molecule has 8 nitrogen and oxygen atoms in total. The SMILES string of the molecule is [B]c1cnn2c(NCc3ccc(C4N=NNN4C)cc3)cc(C3CCCCC3)nc12. The van der Waals surface area contributed by atoms with Crippen LogP contribution in [0.25, 0.3) is 5.65 Å². The van der Waals surface area contributed by atoms with Gasteiger partial charge in [0.25, 0.3) is 0 Å². The summed E-state index contributed by atoms with van der Waals surface area (Å²) in [6, 6.07) is 10.5. The minimum atomic E-state index is -0.0862. The summed E-state index contributed by atoms with van der Waals surface area (Å²) in [7, 11) is 8.06. The molecule has 0 saturated heterocycles. The van der Waals surface area contributed by atoms with Crippen LogP contribution in [0.1, 0.15) is 61.0 Å². The quantitative estimate of drug-likeness (QED) is 0.644. The van der Waals surface area contributed by atoms with Gasteiger partial charge in [0.05, 0.1) is 0 Å². The van der Waals surface area contributed by atoms with Crippen molar-refractivity contribution in [1.29, 1.82) is 0 Å². The van der Waals surface area contributed by atoms with Crippen LogP contribution in [0.5, 0.6) is 0 Å². The molecular weight excluding hydrogens is 375 g/mol. The molecule has 1 aliphatic carbocycles. The van der Waals surface area contributed by atoms with E-state index in [9.17, 15) is 0 Å². The number of nitrogens with zero attached hydrogens (tertiary/aromatic N) is 6. The third-order valence-electron chi connectivity index (χ3n) is 6.03. The molecule has 1 aromatic carbocycles. The van der Waals surface area contributed by atoms with Gasteiger partial charge in [-0.15, -0.1) is 5.11 Å². The molecule has 3 aromatic rings. The number of benzene rings is 1. The fraction of sp³-hybridized carbons (Fsp3) is 0.429. The van der Waals surface area contributed by atoms with E-state index in [0.717, 1.165) is 22.7 Å². The topological polar surface area (TPSA) is 82.2 Å². The molecule has 0 bridgehead atoms. The molecule has 0 spiro atoms. The molecule has 2 N–H and O–H groups in total.